The molecule has 0 fully saturated rings. The summed E-state index contributed by atoms with van der Waals surface area (Å²) < 4.78 is 62.8. The summed E-state index contributed by atoms with van der Waals surface area (Å²) >= 11 is -10.7. The van der Waals surface area contributed by atoms with E-state index in [1.54, 1.807) is 21.7 Å². The second-order valence-electron chi connectivity index (χ2n) is 8.89. The standard InChI is InChI=1S/C24H50I.6FH.Sb/c1-3-5-7-9-11-13-15-17-19-21-23-25-24-22-20-18-16-14-12-10-8-6-4-2;;;;;;;/h3-24H2,1-2H3;6*1H;/q+1;;;;;;;+5/p-6. The van der Waals surface area contributed by atoms with Gasteiger partial charge in [0.15, 0.2) is 0 Å². The Hall–Kier alpha value is 1.13. The molecule has 0 bridgehead atoms. The van der Waals surface area contributed by atoms with Crippen molar-refractivity contribution in [2.24, 2.45) is 0 Å². The minimum absolute atomic E-state index is 0.552. The Morgan fingerprint density at radius 3 is 0.781 bits per heavy atom. The second-order valence-corrected chi connectivity index (χ2v) is 17.6. The van der Waals surface area contributed by atoms with E-state index in [4.69, 9.17) is 0 Å². The van der Waals surface area contributed by atoms with Gasteiger partial charge >= 0.3 is 36.4 Å². The van der Waals surface area contributed by atoms with Crippen LogP contribution < -0.4 is 21.2 Å². The summed E-state index contributed by atoms with van der Waals surface area (Å²) in [5, 5.41) is 0. The average molecular weight is 701 g/mol. The summed E-state index contributed by atoms with van der Waals surface area (Å²) in [6.45, 7) is 4.61. The van der Waals surface area contributed by atoms with E-state index in [0.717, 1.165) is 0 Å². The van der Waals surface area contributed by atoms with Crippen molar-refractivity contribution in [3.05, 3.63) is 0 Å². The number of halogens is 7. The van der Waals surface area contributed by atoms with Crippen LogP contribution in [0.2, 0.25) is 0 Å². The predicted octanol–water partition coefficient (Wildman–Crippen LogP) is 8.06. The summed E-state index contributed by atoms with van der Waals surface area (Å²) in [6, 6.07) is 0. The van der Waals surface area contributed by atoms with E-state index in [0.29, 0.717) is 21.2 Å². The van der Waals surface area contributed by atoms with Crippen molar-refractivity contribution in [1.29, 1.82) is 0 Å². The van der Waals surface area contributed by atoms with E-state index < -0.39 is 19.5 Å². The van der Waals surface area contributed by atoms with Crippen LogP contribution in [-0.4, -0.2) is 28.3 Å². The van der Waals surface area contributed by atoms with Gasteiger partial charge in [-0.25, -0.2) is 0 Å². The quantitative estimate of drug-likeness (QED) is 0.0353. The van der Waals surface area contributed by atoms with Crippen LogP contribution in [0.3, 0.4) is 0 Å². The maximum absolute atomic E-state index is 11.2. The molecule has 0 aromatic rings. The summed E-state index contributed by atoms with van der Waals surface area (Å²) in [5.74, 6) is 0. The molecule has 32 heavy (non-hydrogen) atoms. The zero-order chi connectivity index (χ0) is 24.7. The van der Waals surface area contributed by atoms with Crippen molar-refractivity contribution in [2.75, 3.05) is 8.86 Å². The Morgan fingerprint density at radius 1 is 0.375 bits per heavy atom. The van der Waals surface area contributed by atoms with Crippen LogP contribution >= 0.6 is 0 Å². The number of rotatable bonds is 22. The molecule has 0 unspecified atom stereocenters. The molecule has 0 aromatic carbocycles. The molecule has 0 aliphatic heterocycles. The Kier molecular flexibility index (Phi) is 22.4. The summed E-state index contributed by atoms with van der Waals surface area (Å²) in [7, 11) is 0. The molecule has 200 valence electrons. The van der Waals surface area contributed by atoms with Crippen LogP contribution in [0.4, 0.5) is 16.9 Å². The molecule has 0 amide bonds. The molecule has 0 saturated heterocycles. The van der Waals surface area contributed by atoms with Gasteiger partial charge in [-0.3, -0.25) is 0 Å². The number of unbranched alkanes of at least 4 members (excludes halogenated alkanes) is 18. The van der Waals surface area contributed by atoms with Crippen LogP contribution in [0.25, 0.3) is 0 Å². The van der Waals surface area contributed by atoms with Crippen LogP contribution in [0.15, 0.2) is 0 Å². The topological polar surface area (TPSA) is 0 Å². The third kappa shape index (κ3) is 52.8. The van der Waals surface area contributed by atoms with Crippen LogP contribution in [0, 0.1) is 0 Å². The van der Waals surface area contributed by atoms with Crippen LogP contribution in [0.1, 0.15) is 142 Å². The van der Waals surface area contributed by atoms with E-state index in [9.17, 15) is 16.9 Å². The molecule has 0 saturated carbocycles. The van der Waals surface area contributed by atoms with Crippen molar-refractivity contribution < 1.29 is 38.1 Å². The average Bonchev–Trinajstić information content (AvgIpc) is 2.67. The SMILES string of the molecule is CCCCCCCCCCCC[I+]CCCCCCCCCCCC.[F][Sb-]([F])([F])([F])([F])[F]. The molecule has 8 heteroatoms. The fourth-order valence-corrected chi connectivity index (χ4v) is 6.14. The molecule has 0 nitrogen and oxygen atoms in total. The van der Waals surface area contributed by atoms with Crippen LogP contribution in [-0.2, 0) is 0 Å². The summed E-state index contributed by atoms with van der Waals surface area (Å²) in [5.41, 5.74) is 0. The van der Waals surface area contributed by atoms with Crippen molar-refractivity contribution >= 4 is 19.5 Å². The predicted molar refractivity (Wildman–Crippen MR) is 126 cm³/mol. The van der Waals surface area contributed by atoms with Gasteiger partial charge in [0, 0.05) is 0 Å². The molecular weight excluding hydrogens is 651 g/mol. The first-order valence-electron chi connectivity index (χ1n) is 13.0. The first kappa shape index (κ1) is 35.3. The van der Waals surface area contributed by atoms with E-state index in [2.05, 4.69) is 13.8 Å². The van der Waals surface area contributed by atoms with Gasteiger partial charge in [-0.2, -0.15) is 0 Å². The minimum atomic E-state index is -11.2. The van der Waals surface area contributed by atoms with E-state index >= 15 is 0 Å². The number of hydrogen-bond donors (Lipinski definition) is 0. The van der Waals surface area contributed by atoms with E-state index in [-0.39, 0.29) is 0 Å². The zero-order valence-corrected chi connectivity index (χ0v) is 25.4. The number of alkyl halides is 2. The van der Waals surface area contributed by atoms with Crippen molar-refractivity contribution in [1.82, 2.24) is 0 Å². The van der Waals surface area contributed by atoms with Crippen molar-refractivity contribution in [3.63, 3.8) is 0 Å². The van der Waals surface area contributed by atoms with E-state index in [1.165, 1.54) is 116 Å². The van der Waals surface area contributed by atoms with Gasteiger partial charge in [-0.05, 0) is 25.7 Å². The Labute approximate surface area is 207 Å². The summed E-state index contributed by atoms with van der Waals surface area (Å²) in [4.78, 5) is 0. The van der Waals surface area contributed by atoms with Gasteiger partial charge in [0.1, 0.15) is 8.86 Å². The van der Waals surface area contributed by atoms with Gasteiger partial charge in [0.05, 0.1) is 0 Å². The molecular formula is C24H50F6ISb. The van der Waals surface area contributed by atoms with Gasteiger partial charge < -0.3 is 0 Å². The molecule has 0 radical (unpaired) electrons. The summed E-state index contributed by atoms with van der Waals surface area (Å²) in [6.07, 6.45) is 29.7. The molecule has 0 rings (SSSR count). The van der Waals surface area contributed by atoms with Gasteiger partial charge in [0.2, 0.25) is 0 Å². The van der Waals surface area contributed by atoms with E-state index in [1.807, 2.05) is 0 Å². The molecule has 0 aliphatic rings. The third-order valence-corrected chi connectivity index (χ3v) is 8.29. The molecule has 0 N–H and O–H groups in total. The molecule has 0 aromatic heterocycles. The third-order valence-electron chi connectivity index (χ3n) is 5.24. The monoisotopic (exact) mass is 700 g/mol. The van der Waals surface area contributed by atoms with Crippen molar-refractivity contribution in [2.45, 2.75) is 142 Å². The zero-order valence-electron chi connectivity index (χ0n) is 20.6. The molecule has 0 aliphatic carbocycles. The van der Waals surface area contributed by atoms with Gasteiger partial charge in [-0.1, -0.05) is 117 Å². The van der Waals surface area contributed by atoms with Gasteiger partial charge in [0.25, 0.3) is 21.2 Å². The van der Waals surface area contributed by atoms with Crippen molar-refractivity contribution in [3.8, 4) is 0 Å². The first-order valence-corrected chi connectivity index (χ1v) is 21.8. The Balaban J connectivity index is 0. The Morgan fingerprint density at radius 2 is 0.562 bits per heavy atom. The van der Waals surface area contributed by atoms with Crippen LogP contribution in [0.5, 0.6) is 0 Å². The fraction of sp³-hybridized carbons (Fsp3) is 1.00. The first-order chi connectivity index (χ1) is 14.9. The fourth-order valence-electron chi connectivity index (χ4n) is 3.45. The molecule has 0 heterocycles. The molecule has 0 atom stereocenters. The second kappa shape index (κ2) is 20.3. The maximum atomic E-state index is 9.93. The number of hydrogen-bond acceptors (Lipinski definition) is 0. The Bertz CT molecular complexity index is 353. The molecule has 0 spiro atoms. The normalized spacial score (nSPS) is 13.9. The van der Waals surface area contributed by atoms with Gasteiger partial charge in [-0.15, -0.1) is 0 Å².